The van der Waals surface area contributed by atoms with E-state index in [1.807, 2.05) is 11.6 Å². The average molecular weight is 345 g/mol. The van der Waals surface area contributed by atoms with Crippen LogP contribution >= 0.6 is 15.9 Å². The van der Waals surface area contributed by atoms with E-state index in [1.54, 1.807) is 13.3 Å². The molecule has 1 N–H and O–H groups in total. The average Bonchev–Trinajstić information content (AvgIpc) is 2.79. The van der Waals surface area contributed by atoms with Crippen molar-refractivity contribution in [3.05, 3.63) is 16.4 Å². The van der Waals surface area contributed by atoms with E-state index in [1.165, 1.54) is 0 Å². The normalized spacial score (nSPS) is 22.7. The maximum absolute atomic E-state index is 10.9. The van der Waals surface area contributed by atoms with Gasteiger partial charge in [0.15, 0.2) is 0 Å². The van der Waals surface area contributed by atoms with Gasteiger partial charge in [0.2, 0.25) is 0 Å². The Hall–Kier alpha value is -0.390. The second-order valence-electron chi connectivity index (χ2n) is 6.53. The maximum Gasteiger partial charge on any atom is 0.126 e. The van der Waals surface area contributed by atoms with Gasteiger partial charge in [0.1, 0.15) is 6.10 Å². The van der Waals surface area contributed by atoms with Crippen molar-refractivity contribution in [3.8, 4) is 0 Å². The Labute approximate surface area is 129 Å². The van der Waals surface area contributed by atoms with Crippen molar-refractivity contribution < 1.29 is 9.84 Å². The largest absolute Gasteiger partial charge is 0.384 e. The molecule has 1 unspecified atom stereocenters. The first kappa shape index (κ1) is 16.0. The molecule has 1 heterocycles. The summed E-state index contributed by atoms with van der Waals surface area (Å²) in [6.07, 6.45) is 4.97. The summed E-state index contributed by atoms with van der Waals surface area (Å²) in [5.41, 5.74) is 0.670. The van der Waals surface area contributed by atoms with Gasteiger partial charge < -0.3 is 9.84 Å². The zero-order valence-corrected chi connectivity index (χ0v) is 14.4. The smallest absolute Gasteiger partial charge is 0.126 e. The molecule has 1 aliphatic rings. The Kier molecular flexibility index (Phi) is 4.62. The van der Waals surface area contributed by atoms with Crippen LogP contribution in [0.2, 0.25) is 0 Å². The third-order valence-electron chi connectivity index (χ3n) is 4.75. The van der Waals surface area contributed by atoms with Crippen LogP contribution in [0.15, 0.2) is 10.7 Å². The zero-order valence-electron chi connectivity index (χ0n) is 12.8. The summed E-state index contributed by atoms with van der Waals surface area (Å²) in [4.78, 5) is 0. The molecule has 1 aliphatic carbocycles. The lowest BCUT2D eigenvalue weighted by atomic mass is 9.68. The molecule has 1 atom stereocenters. The number of aliphatic hydroxyl groups excluding tert-OH is 1. The van der Waals surface area contributed by atoms with Crippen molar-refractivity contribution in [2.24, 2.45) is 5.41 Å². The fraction of sp³-hybridized carbons (Fsp3) is 0.800. The minimum Gasteiger partial charge on any atom is -0.384 e. The van der Waals surface area contributed by atoms with Crippen LogP contribution < -0.4 is 0 Å². The molecule has 0 radical (unpaired) electrons. The Morgan fingerprint density at radius 3 is 2.50 bits per heavy atom. The summed E-state index contributed by atoms with van der Waals surface area (Å²) in [6.45, 7) is 7.33. The molecule has 114 valence electrons. The summed E-state index contributed by atoms with van der Waals surface area (Å²) >= 11 is 3.50. The third kappa shape index (κ3) is 2.81. The van der Waals surface area contributed by atoms with E-state index >= 15 is 0 Å². The number of halogens is 1. The summed E-state index contributed by atoms with van der Waals surface area (Å²) in [5.74, 6) is 0. The molecule has 1 aromatic heterocycles. The first-order valence-corrected chi connectivity index (χ1v) is 8.09. The SMILES string of the molecule is CCn1ncc(Br)c1C(O)C1(OC)CCC(C)(C)CC1. The van der Waals surface area contributed by atoms with Gasteiger partial charge in [0.25, 0.3) is 0 Å². The monoisotopic (exact) mass is 344 g/mol. The van der Waals surface area contributed by atoms with Gasteiger partial charge in [-0.2, -0.15) is 5.10 Å². The summed E-state index contributed by atoms with van der Waals surface area (Å²) < 4.78 is 8.50. The molecule has 0 bridgehead atoms. The number of aliphatic hydroxyl groups is 1. The number of ether oxygens (including phenoxy) is 1. The molecule has 0 aromatic carbocycles. The molecule has 1 saturated carbocycles. The number of aryl methyl sites for hydroxylation is 1. The Morgan fingerprint density at radius 1 is 1.40 bits per heavy atom. The van der Waals surface area contributed by atoms with Gasteiger partial charge in [-0.25, -0.2) is 0 Å². The van der Waals surface area contributed by atoms with Gasteiger partial charge in [0, 0.05) is 13.7 Å². The quantitative estimate of drug-likeness (QED) is 0.905. The molecule has 1 aromatic rings. The van der Waals surface area contributed by atoms with E-state index in [-0.39, 0.29) is 0 Å². The molecule has 4 nitrogen and oxygen atoms in total. The van der Waals surface area contributed by atoms with Crippen molar-refractivity contribution in [2.75, 3.05) is 7.11 Å². The highest BCUT2D eigenvalue weighted by atomic mass is 79.9. The van der Waals surface area contributed by atoms with Crippen molar-refractivity contribution in [2.45, 2.75) is 64.7 Å². The number of aromatic nitrogens is 2. The fourth-order valence-corrected chi connectivity index (χ4v) is 3.60. The van der Waals surface area contributed by atoms with Crippen molar-refractivity contribution in [1.82, 2.24) is 9.78 Å². The van der Waals surface area contributed by atoms with Crippen LogP contribution in [-0.2, 0) is 11.3 Å². The standard InChI is InChI=1S/C15H25BrN2O2/c1-5-18-12(11(16)10-17-18)13(19)15(20-4)8-6-14(2,3)7-9-15/h10,13,19H,5-9H2,1-4H3. The van der Waals surface area contributed by atoms with E-state index in [9.17, 15) is 5.11 Å². The van der Waals surface area contributed by atoms with Crippen LogP contribution in [0.3, 0.4) is 0 Å². The van der Waals surface area contributed by atoms with Crippen molar-refractivity contribution >= 4 is 15.9 Å². The lowest BCUT2D eigenvalue weighted by Crippen LogP contribution is -2.44. The predicted molar refractivity (Wildman–Crippen MR) is 82.5 cm³/mol. The summed E-state index contributed by atoms with van der Waals surface area (Å²) in [7, 11) is 1.71. The fourth-order valence-electron chi connectivity index (χ4n) is 3.08. The molecular weight excluding hydrogens is 320 g/mol. The second kappa shape index (κ2) is 5.78. The number of nitrogens with zero attached hydrogens (tertiary/aromatic N) is 2. The van der Waals surface area contributed by atoms with Gasteiger partial charge in [0.05, 0.1) is 22.0 Å². The Balaban J connectivity index is 2.30. The minimum atomic E-state index is -0.652. The number of hydrogen-bond donors (Lipinski definition) is 1. The first-order valence-electron chi connectivity index (χ1n) is 7.29. The predicted octanol–water partition coefficient (Wildman–Crippen LogP) is 3.68. The molecule has 0 spiro atoms. The van der Waals surface area contributed by atoms with Crippen LogP contribution in [0.1, 0.15) is 58.3 Å². The highest BCUT2D eigenvalue weighted by molar-refractivity contribution is 9.10. The Bertz CT molecular complexity index is 460. The minimum absolute atomic E-state index is 0.337. The summed E-state index contributed by atoms with van der Waals surface area (Å²) in [5, 5.41) is 15.2. The molecule has 5 heteroatoms. The van der Waals surface area contributed by atoms with Crippen LogP contribution in [0.25, 0.3) is 0 Å². The topological polar surface area (TPSA) is 47.3 Å². The third-order valence-corrected chi connectivity index (χ3v) is 5.36. The van der Waals surface area contributed by atoms with E-state index < -0.39 is 11.7 Å². The van der Waals surface area contributed by atoms with Crippen LogP contribution in [0.4, 0.5) is 0 Å². The molecule has 20 heavy (non-hydrogen) atoms. The molecule has 1 fully saturated rings. The molecule has 2 rings (SSSR count). The van der Waals surface area contributed by atoms with Crippen LogP contribution in [0.5, 0.6) is 0 Å². The molecule has 0 saturated heterocycles. The number of rotatable bonds is 4. The molecule has 0 aliphatic heterocycles. The molecular formula is C15H25BrN2O2. The van der Waals surface area contributed by atoms with Gasteiger partial charge in [-0.3, -0.25) is 4.68 Å². The molecule has 0 amide bonds. The van der Waals surface area contributed by atoms with E-state index in [0.717, 1.165) is 42.4 Å². The zero-order chi connectivity index (χ0) is 15.0. The van der Waals surface area contributed by atoms with E-state index in [2.05, 4.69) is 34.9 Å². The highest BCUT2D eigenvalue weighted by Gasteiger charge is 2.46. The lowest BCUT2D eigenvalue weighted by molar-refractivity contribution is -0.141. The number of methoxy groups -OCH3 is 1. The maximum atomic E-state index is 10.9. The first-order chi connectivity index (χ1) is 9.35. The highest BCUT2D eigenvalue weighted by Crippen LogP contribution is 2.48. The van der Waals surface area contributed by atoms with Crippen LogP contribution in [-0.4, -0.2) is 27.6 Å². The van der Waals surface area contributed by atoms with Crippen molar-refractivity contribution in [3.63, 3.8) is 0 Å². The van der Waals surface area contributed by atoms with Gasteiger partial charge in [-0.1, -0.05) is 13.8 Å². The van der Waals surface area contributed by atoms with Crippen LogP contribution in [0, 0.1) is 5.41 Å². The summed E-state index contributed by atoms with van der Waals surface area (Å²) in [6, 6.07) is 0. The Morgan fingerprint density at radius 2 is 2.00 bits per heavy atom. The van der Waals surface area contributed by atoms with E-state index in [4.69, 9.17) is 4.74 Å². The number of hydrogen-bond acceptors (Lipinski definition) is 3. The van der Waals surface area contributed by atoms with Gasteiger partial charge in [-0.05, 0) is 54.0 Å². The lowest BCUT2D eigenvalue weighted by Gasteiger charge is -2.45. The van der Waals surface area contributed by atoms with E-state index in [0.29, 0.717) is 5.41 Å². The second-order valence-corrected chi connectivity index (χ2v) is 7.38. The van der Waals surface area contributed by atoms with Gasteiger partial charge >= 0.3 is 0 Å². The van der Waals surface area contributed by atoms with Crippen molar-refractivity contribution in [1.29, 1.82) is 0 Å². The van der Waals surface area contributed by atoms with Gasteiger partial charge in [-0.15, -0.1) is 0 Å².